The molecule has 0 aromatic heterocycles. The van der Waals surface area contributed by atoms with Gasteiger partial charge in [0.2, 0.25) is 5.91 Å². The molecule has 256 valence electrons. The van der Waals surface area contributed by atoms with Crippen LogP contribution < -0.4 is 5.32 Å². The third-order valence-corrected chi connectivity index (χ3v) is 6.53. The number of nitrogens with one attached hydrogen (secondary N) is 1. The van der Waals surface area contributed by atoms with E-state index in [0.29, 0.717) is 79.2 Å². The van der Waals surface area contributed by atoms with Crippen molar-refractivity contribution in [2.45, 2.75) is 96.8 Å². The number of carboxylic acids is 1. The molecule has 0 saturated heterocycles. The first kappa shape index (κ1) is 41.7. The minimum absolute atomic E-state index is 0.288. The van der Waals surface area contributed by atoms with E-state index in [1.807, 2.05) is 0 Å². The molecule has 0 unspecified atom stereocenters. The fourth-order valence-electron chi connectivity index (χ4n) is 4.14. The number of hydrogen-bond donors (Lipinski definition) is 2. The Morgan fingerprint density at radius 1 is 0.442 bits per heavy atom. The summed E-state index contributed by atoms with van der Waals surface area (Å²) >= 11 is 0. The Labute approximate surface area is 261 Å². The standard InChI is InChI=1S/C32H63NO10/c1-2-3-4-5-6-7-8-9-10-11-12-13-14-15-17-37-19-21-39-23-25-41-27-28-42-26-24-40-22-20-38-18-16-33-31(34)29-43-30-32(35)36/h2-30H2,1H3,(H,33,34)(H,35,36). The molecule has 0 radical (unpaired) electrons. The number of hydrogen-bond acceptors (Lipinski definition) is 9. The smallest absolute Gasteiger partial charge is 0.329 e. The van der Waals surface area contributed by atoms with Crippen LogP contribution in [0.2, 0.25) is 0 Å². The molecule has 0 aliphatic heterocycles. The summed E-state index contributed by atoms with van der Waals surface area (Å²) in [6, 6.07) is 0. The zero-order valence-corrected chi connectivity index (χ0v) is 27.1. The average molecular weight is 622 g/mol. The van der Waals surface area contributed by atoms with Crippen LogP contribution in [0.3, 0.4) is 0 Å². The highest BCUT2D eigenvalue weighted by molar-refractivity contribution is 5.77. The zero-order valence-electron chi connectivity index (χ0n) is 27.1. The molecule has 0 rings (SSSR count). The zero-order chi connectivity index (χ0) is 31.3. The summed E-state index contributed by atoms with van der Waals surface area (Å²) in [5.41, 5.74) is 0. The summed E-state index contributed by atoms with van der Waals surface area (Å²) in [5, 5.41) is 11.0. The summed E-state index contributed by atoms with van der Waals surface area (Å²) in [5.74, 6) is -1.50. The van der Waals surface area contributed by atoms with Crippen molar-refractivity contribution in [2.75, 3.05) is 99.0 Å². The first-order valence-corrected chi connectivity index (χ1v) is 16.7. The summed E-state index contributed by atoms with van der Waals surface area (Å²) in [7, 11) is 0. The number of carbonyl (C=O) groups excluding carboxylic acids is 1. The lowest BCUT2D eigenvalue weighted by molar-refractivity contribution is -0.143. The monoisotopic (exact) mass is 621 g/mol. The number of carbonyl (C=O) groups is 2. The molecule has 11 nitrogen and oxygen atoms in total. The maximum Gasteiger partial charge on any atom is 0.329 e. The quantitative estimate of drug-likeness (QED) is 0.0934. The number of rotatable bonds is 37. The Morgan fingerprint density at radius 2 is 0.791 bits per heavy atom. The van der Waals surface area contributed by atoms with Gasteiger partial charge < -0.3 is 43.6 Å². The number of unbranched alkanes of at least 4 members (excludes halogenated alkanes) is 13. The lowest BCUT2D eigenvalue weighted by atomic mass is 10.0. The molecule has 2 N–H and O–H groups in total. The van der Waals surface area contributed by atoms with E-state index in [9.17, 15) is 9.59 Å². The second kappa shape index (κ2) is 36.8. The minimum atomic E-state index is -1.11. The van der Waals surface area contributed by atoms with E-state index in [1.165, 1.54) is 83.5 Å². The van der Waals surface area contributed by atoms with E-state index in [4.69, 9.17) is 33.5 Å². The molecule has 1 amide bonds. The summed E-state index contributed by atoms with van der Waals surface area (Å²) in [6.07, 6.45) is 19.1. The number of aliphatic carboxylic acids is 1. The summed E-state index contributed by atoms with van der Waals surface area (Å²) in [6.45, 7) is 8.04. The van der Waals surface area contributed by atoms with E-state index in [0.717, 1.165) is 13.0 Å². The van der Waals surface area contributed by atoms with Gasteiger partial charge in [-0.3, -0.25) is 4.79 Å². The molecule has 0 fully saturated rings. The first-order valence-electron chi connectivity index (χ1n) is 16.7. The highest BCUT2D eigenvalue weighted by atomic mass is 16.6. The van der Waals surface area contributed by atoms with Gasteiger partial charge in [0.15, 0.2) is 0 Å². The molecule has 0 aromatic carbocycles. The topological polar surface area (TPSA) is 131 Å². The van der Waals surface area contributed by atoms with E-state index >= 15 is 0 Å². The second-order valence-electron chi connectivity index (χ2n) is 10.5. The Morgan fingerprint density at radius 3 is 1.19 bits per heavy atom. The molecule has 0 heterocycles. The van der Waals surface area contributed by atoms with Gasteiger partial charge in [-0.05, 0) is 6.42 Å². The van der Waals surface area contributed by atoms with Gasteiger partial charge in [0.1, 0.15) is 13.2 Å². The lowest BCUT2D eigenvalue weighted by Gasteiger charge is -2.09. The Hall–Kier alpha value is -1.34. The summed E-state index contributed by atoms with van der Waals surface area (Å²) < 4.78 is 37.5. The van der Waals surface area contributed by atoms with Gasteiger partial charge in [-0.2, -0.15) is 0 Å². The third-order valence-electron chi connectivity index (χ3n) is 6.53. The predicted molar refractivity (Wildman–Crippen MR) is 167 cm³/mol. The van der Waals surface area contributed by atoms with Crippen LogP contribution in [0.25, 0.3) is 0 Å². The van der Waals surface area contributed by atoms with Gasteiger partial charge in [-0.15, -0.1) is 0 Å². The van der Waals surface area contributed by atoms with Crippen LogP contribution in [0.15, 0.2) is 0 Å². The minimum Gasteiger partial charge on any atom is -0.480 e. The van der Waals surface area contributed by atoms with Crippen molar-refractivity contribution in [1.29, 1.82) is 0 Å². The highest BCUT2D eigenvalue weighted by Gasteiger charge is 2.03. The Kier molecular flexibility index (Phi) is 35.7. The van der Waals surface area contributed by atoms with Crippen molar-refractivity contribution in [3.8, 4) is 0 Å². The van der Waals surface area contributed by atoms with Crippen molar-refractivity contribution < 1.29 is 47.9 Å². The van der Waals surface area contributed by atoms with E-state index < -0.39 is 12.6 Å². The van der Waals surface area contributed by atoms with Crippen LogP contribution in [0.1, 0.15) is 96.8 Å². The average Bonchev–Trinajstić information content (AvgIpc) is 2.99. The molecule has 0 aliphatic rings. The Balaban J connectivity index is 3.08. The van der Waals surface area contributed by atoms with Gasteiger partial charge in [0.25, 0.3) is 0 Å². The molecule has 0 bridgehead atoms. The van der Waals surface area contributed by atoms with Gasteiger partial charge in [-0.25, -0.2) is 4.79 Å². The van der Waals surface area contributed by atoms with Gasteiger partial charge in [-0.1, -0.05) is 90.4 Å². The third kappa shape index (κ3) is 38.6. The van der Waals surface area contributed by atoms with Gasteiger partial charge in [0, 0.05) is 13.2 Å². The predicted octanol–water partition coefficient (Wildman–Crippen LogP) is 4.78. The van der Waals surface area contributed by atoms with Crippen LogP contribution in [-0.4, -0.2) is 116 Å². The normalized spacial score (nSPS) is 11.3. The molecule has 0 saturated carbocycles. The highest BCUT2D eigenvalue weighted by Crippen LogP contribution is 2.12. The molecule has 0 atom stereocenters. The molecule has 0 aliphatic carbocycles. The van der Waals surface area contributed by atoms with Crippen molar-refractivity contribution in [2.24, 2.45) is 0 Å². The summed E-state index contributed by atoms with van der Waals surface area (Å²) in [4.78, 5) is 21.6. The van der Waals surface area contributed by atoms with Crippen molar-refractivity contribution in [3.05, 3.63) is 0 Å². The van der Waals surface area contributed by atoms with Gasteiger partial charge >= 0.3 is 5.97 Å². The number of ether oxygens (including phenoxy) is 7. The second-order valence-corrected chi connectivity index (χ2v) is 10.5. The molecular formula is C32H63NO10. The molecular weight excluding hydrogens is 558 g/mol. The molecule has 0 aromatic rings. The fraction of sp³-hybridized carbons (Fsp3) is 0.938. The van der Waals surface area contributed by atoms with E-state index in [2.05, 4.69) is 17.0 Å². The molecule has 43 heavy (non-hydrogen) atoms. The lowest BCUT2D eigenvalue weighted by Crippen LogP contribution is -2.31. The maximum atomic E-state index is 11.4. The van der Waals surface area contributed by atoms with Gasteiger partial charge in [0.05, 0.1) is 72.7 Å². The van der Waals surface area contributed by atoms with Crippen LogP contribution >= 0.6 is 0 Å². The Bertz CT molecular complexity index is 582. The fourth-order valence-corrected chi connectivity index (χ4v) is 4.14. The number of carboxylic acid groups (broad SMARTS) is 1. The first-order chi connectivity index (χ1) is 21.2. The van der Waals surface area contributed by atoms with E-state index in [1.54, 1.807) is 0 Å². The molecule has 0 spiro atoms. The number of amides is 1. The van der Waals surface area contributed by atoms with Crippen LogP contribution in [0.4, 0.5) is 0 Å². The molecule has 11 heteroatoms. The van der Waals surface area contributed by atoms with Crippen LogP contribution in [0.5, 0.6) is 0 Å². The largest absolute Gasteiger partial charge is 0.480 e. The van der Waals surface area contributed by atoms with Crippen molar-refractivity contribution in [1.82, 2.24) is 5.32 Å². The van der Waals surface area contributed by atoms with Crippen molar-refractivity contribution >= 4 is 11.9 Å². The maximum absolute atomic E-state index is 11.4. The van der Waals surface area contributed by atoms with E-state index in [-0.39, 0.29) is 12.5 Å². The van der Waals surface area contributed by atoms with Crippen LogP contribution in [-0.2, 0) is 42.7 Å². The van der Waals surface area contributed by atoms with Crippen molar-refractivity contribution in [3.63, 3.8) is 0 Å². The van der Waals surface area contributed by atoms with Crippen LogP contribution in [0, 0.1) is 0 Å². The SMILES string of the molecule is CCCCCCCCCCCCCCCCOCCOCCOCCOCCOCCOCCNC(=O)COCC(=O)O.